The van der Waals surface area contributed by atoms with Gasteiger partial charge in [0.2, 0.25) is 0 Å². The van der Waals surface area contributed by atoms with E-state index < -0.39 is 0 Å². The van der Waals surface area contributed by atoms with E-state index in [1.54, 1.807) is 26.4 Å². The van der Waals surface area contributed by atoms with E-state index in [1.807, 2.05) is 11.0 Å². The maximum atomic E-state index is 12.7. The number of likely N-dealkylation sites (tertiary alicyclic amines) is 1. The van der Waals surface area contributed by atoms with Crippen LogP contribution in [0.3, 0.4) is 0 Å². The molecular weight excluding hydrogens is 242 g/mol. The number of amides is 1. The van der Waals surface area contributed by atoms with Gasteiger partial charge in [0.25, 0.3) is 5.91 Å². The molecule has 1 aliphatic rings. The summed E-state index contributed by atoms with van der Waals surface area (Å²) in [5, 5.41) is 0. The maximum absolute atomic E-state index is 12.7. The summed E-state index contributed by atoms with van der Waals surface area (Å²) >= 11 is 0. The smallest absolute Gasteiger partial charge is 0.261 e. The molecule has 0 aromatic heterocycles. The summed E-state index contributed by atoms with van der Waals surface area (Å²) in [6.45, 7) is 2.94. The molecule has 1 heterocycles. The molecule has 0 saturated carbocycles. The molecular formula is C15H21NO3. The first-order valence-corrected chi connectivity index (χ1v) is 6.74. The van der Waals surface area contributed by atoms with Crippen LogP contribution in [0.5, 0.6) is 11.5 Å². The van der Waals surface area contributed by atoms with Gasteiger partial charge in [0.05, 0.1) is 14.2 Å². The van der Waals surface area contributed by atoms with Gasteiger partial charge < -0.3 is 14.4 Å². The van der Waals surface area contributed by atoms with Gasteiger partial charge in [-0.25, -0.2) is 0 Å². The lowest BCUT2D eigenvalue weighted by Crippen LogP contribution is -2.35. The van der Waals surface area contributed by atoms with Crippen LogP contribution in [0.1, 0.15) is 36.5 Å². The zero-order chi connectivity index (χ0) is 13.8. The van der Waals surface area contributed by atoms with Crippen molar-refractivity contribution in [2.24, 2.45) is 0 Å². The van der Waals surface area contributed by atoms with Crippen LogP contribution in [-0.2, 0) is 0 Å². The average molecular weight is 263 g/mol. The summed E-state index contributed by atoms with van der Waals surface area (Å²) in [6, 6.07) is 5.76. The summed E-state index contributed by atoms with van der Waals surface area (Å²) in [6.07, 6.45) is 3.14. The van der Waals surface area contributed by atoms with Gasteiger partial charge >= 0.3 is 0 Å². The van der Waals surface area contributed by atoms with E-state index in [1.165, 1.54) is 0 Å². The number of benzene rings is 1. The van der Waals surface area contributed by atoms with Gasteiger partial charge in [-0.1, -0.05) is 13.0 Å². The lowest BCUT2D eigenvalue weighted by molar-refractivity contribution is 0.0726. The number of carbonyl (C=O) groups excluding carboxylic acids is 1. The molecule has 2 rings (SSSR count). The zero-order valence-corrected chi connectivity index (χ0v) is 11.8. The monoisotopic (exact) mass is 263 g/mol. The lowest BCUT2D eigenvalue weighted by Gasteiger charge is -2.25. The van der Waals surface area contributed by atoms with Gasteiger partial charge in [0.15, 0.2) is 0 Å². The summed E-state index contributed by atoms with van der Waals surface area (Å²) in [5.74, 6) is 1.16. The Hall–Kier alpha value is -1.71. The van der Waals surface area contributed by atoms with Crippen LogP contribution >= 0.6 is 0 Å². The van der Waals surface area contributed by atoms with E-state index in [-0.39, 0.29) is 5.91 Å². The molecule has 0 spiro atoms. The molecule has 1 aromatic rings. The van der Waals surface area contributed by atoms with Crippen molar-refractivity contribution in [3.05, 3.63) is 23.8 Å². The van der Waals surface area contributed by atoms with Gasteiger partial charge in [0, 0.05) is 12.6 Å². The highest BCUT2D eigenvalue weighted by molar-refractivity contribution is 6.00. The fourth-order valence-electron chi connectivity index (χ4n) is 2.73. The second-order valence-corrected chi connectivity index (χ2v) is 4.74. The van der Waals surface area contributed by atoms with Crippen LogP contribution in [0, 0.1) is 0 Å². The van der Waals surface area contributed by atoms with Gasteiger partial charge in [-0.3, -0.25) is 4.79 Å². The van der Waals surface area contributed by atoms with Crippen LogP contribution in [0.15, 0.2) is 18.2 Å². The van der Waals surface area contributed by atoms with Crippen molar-refractivity contribution in [1.29, 1.82) is 0 Å². The van der Waals surface area contributed by atoms with E-state index in [0.29, 0.717) is 23.1 Å². The van der Waals surface area contributed by atoms with Gasteiger partial charge in [-0.2, -0.15) is 0 Å². The second-order valence-electron chi connectivity index (χ2n) is 4.74. The Kier molecular flexibility index (Phi) is 4.30. The molecule has 1 saturated heterocycles. The Labute approximate surface area is 114 Å². The topological polar surface area (TPSA) is 38.8 Å². The zero-order valence-electron chi connectivity index (χ0n) is 11.8. The van der Waals surface area contributed by atoms with E-state index >= 15 is 0 Å². The van der Waals surface area contributed by atoms with Gasteiger partial charge in [-0.15, -0.1) is 0 Å². The predicted molar refractivity (Wildman–Crippen MR) is 73.9 cm³/mol. The molecule has 0 radical (unpaired) electrons. The summed E-state index contributed by atoms with van der Waals surface area (Å²) in [4.78, 5) is 14.7. The fraction of sp³-hybridized carbons (Fsp3) is 0.533. The normalized spacial score (nSPS) is 18.5. The Balaban J connectivity index is 2.37. The molecule has 0 N–H and O–H groups in total. The number of hydrogen-bond donors (Lipinski definition) is 0. The first-order chi connectivity index (χ1) is 9.22. The standard InChI is InChI=1S/C15H21NO3/c1-4-11-7-6-10-16(11)15(17)14-12(18-2)8-5-9-13(14)19-3/h5,8-9,11H,4,6-7,10H2,1-3H3. The molecule has 1 atom stereocenters. The highest BCUT2D eigenvalue weighted by atomic mass is 16.5. The number of carbonyl (C=O) groups is 1. The Morgan fingerprint density at radius 1 is 1.32 bits per heavy atom. The largest absolute Gasteiger partial charge is 0.496 e. The first kappa shape index (κ1) is 13.7. The minimum absolute atomic E-state index is 0.0126. The van der Waals surface area contributed by atoms with E-state index in [2.05, 4.69) is 6.92 Å². The van der Waals surface area contributed by atoms with Crippen LogP contribution in [-0.4, -0.2) is 37.6 Å². The van der Waals surface area contributed by atoms with Crippen LogP contribution in [0.25, 0.3) is 0 Å². The van der Waals surface area contributed by atoms with E-state index in [9.17, 15) is 4.79 Å². The highest BCUT2D eigenvalue weighted by Crippen LogP contribution is 2.32. The van der Waals surface area contributed by atoms with Crippen molar-refractivity contribution in [3.8, 4) is 11.5 Å². The maximum Gasteiger partial charge on any atom is 0.261 e. The third-order valence-corrected chi connectivity index (χ3v) is 3.75. The van der Waals surface area contributed by atoms with Crippen molar-refractivity contribution in [1.82, 2.24) is 4.90 Å². The number of hydrogen-bond acceptors (Lipinski definition) is 3. The third-order valence-electron chi connectivity index (χ3n) is 3.75. The SMILES string of the molecule is CCC1CCCN1C(=O)c1c(OC)cccc1OC. The molecule has 104 valence electrons. The Bertz CT molecular complexity index is 436. The average Bonchev–Trinajstić information content (AvgIpc) is 2.93. The molecule has 1 unspecified atom stereocenters. The molecule has 1 aromatic carbocycles. The quantitative estimate of drug-likeness (QED) is 0.838. The summed E-state index contributed by atoms with van der Waals surface area (Å²) in [5.41, 5.74) is 0.535. The minimum atomic E-state index is 0.0126. The van der Waals surface area contributed by atoms with Gasteiger partial charge in [0.1, 0.15) is 17.1 Å². The fourth-order valence-corrected chi connectivity index (χ4v) is 2.73. The number of nitrogens with zero attached hydrogens (tertiary/aromatic N) is 1. The highest BCUT2D eigenvalue weighted by Gasteiger charge is 2.31. The third kappa shape index (κ3) is 2.53. The molecule has 4 nitrogen and oxygen atoms in total. The van der Waals surface area contributed by atoms with Crippen molar-refractivity contribution < 1.29 is 14.3 Å². The second kappa shape index (κ2) is 5.95. The number of ether oxygens (including phenoxy) is 2. The molecule has 1 fully saturated rings. The molecule has 1 aliphatic heterocycles. The molecule has 1 amide bonds. The van der Waals surface area contributed by atoms with Crippen LogP contribution in [0.2, 0.25) is 0 Å². The summed E-state index contributed by atoms with van der Waals surface area (Å²) < 4.78 is 10.6. The van der Waals surface area contributed by atoms with Crippen molar-refractivity contribution >= 4 is 5.91 Å². The minimum Gasteiger partial charge on any atom is -0.496 e. The van der Waals surface area contributed by atoms with Gasteiger partial charge in [-0.05, 0) is 31.4 Å². The molecule has 19 heavy (non-hydrogen) atoms. The molecule has 0 bridgehead atoms. The van der Waals surface area contributed by atoms with Crippen LogP contribution < -0.4 is 9.47 Å². The van der Waals surface area contributed by atoms with Crippen molar-refractivity contribution in [2.75, 3.05) is 20.8 Å². The number of methoxy groups -OCH3 is 2. The number of rotatable bonds is 4. The molecule has 0 aliphatic carbocycles. The van der Waals surface area contributed by atoms with E-state index in [0.717, 1.165) is 25.8 Å². The Morgan fingerprint density at radius 3 is 2.47 bits per heavy atom. The first-order valence-electron chi connectivity index (χ1n) is 6.74. The lowest BCUT2D eigenvalue weighted by atomic mass is 10.1. The summed E-state index contributed by atoms with van der Waals surface area (Å²) in [7, 11) is 3.15. The predicted octanol–water partition coefficient (Wildman–Crippen LogP) is 2.72. The van der Waals surface area contributed by atoms with E-state index in [4.69, 9.17) is 9.47 Å². The molecule has 4 heteroatoms. The Morgan fingerprint density at radius 2 is 1.95 bits per heavy atom. The van der Waals surface area contributed by atoms with Crippen molar-refractivity contribution in [2.45, 2.75) is 32.2 Å². The van der Waals surface area contributed by atoms with Crippen LogP contribution in [0.4, 0.5) is 0 Å². The van der Waals surface area contributed by atoms with Crippen molar-refractivity contribution in [3.63, 3.8) is 0 Å².